The van der Waals surface area contributed by atoms with Gasteiger partial charge in [0.25, 0.3) is 0 Å². The Hall–Kier alpha value is 0.1000. The molecular weight excluding hydrogens is 397 g/mol. The summed E-state index contributed by atoms with van der Waals surface area (Å²) in [6, 6.07) is 0. The van der Waals surface area contributed by atoms with Gasteiger partial charge in [-0.15, -0.1) is 0 Å². The molecule has 0 aromatic heterocycles. The van der Waals surface area contributed by atoms with Gasteiger partial charge in [-0.25, -0.2) is 13.2 Å². The molecule has 28 heavy (non-hydrogen) atoms. The van der Waals surface area contributed by atoms with Crippen molar-refractivity contribution in [3.63, 3.8) is 0 Å². The molecule has 10 heteroatoms. The fourth-order valence-corrected chi connectivity index (χ4v) is 3.53. The van der Waals surface area contributed by atoms with Crippen LogP contribution in [-0.4, -0.2) is 56.5 Å². The van der Waals surface area contributed by atoms with Gasteiger partial charge in [0.05, 0.1) is 16.7 Å². The van der Waals surface area contributed by atoms with Crippen LogP contribution in [0.1, 0.15) is 71.6 Å². The second-order valence-corrected chi connectivity index (χ2v) is 8.54. The van der Waals surface area contributed by atoms with Gasteiger partial charge in [-0.1, -0.05) is 39.5 Å². The van der Waals surface area contributed by atoms with Crippen molar-refractivity contribution in [1.82, 2.24) is 5.32 Å². The van der Waals surface area contributed by atoms with E-state index in [2.05, 4.69) is 19.2 Å². The maximum absolute atomic E-state index is 11.7. The summed E-state index contributed by atoms with van der Waals surface area (Å²) in [5.74, 6) is -1.08. The quantitative estimate of drug-likeness (QED) is 0.233. The van der Waals surface area contributed by atoms with Crippen LogP contribution in [0.15, 0.2) is 0 Å². The molecule has 160 valence electrons. The van der Waals surface area contributed by atoms with Crippen LogP contribution in [0.4, 0.5) is 4.79 Å². The molecule has 0 saturated carbocycles. The Kier molecular flexibility index (Phi) is 15.0. The number of nitrogens with one attached hydrogen (secondary N) is 1. The Morgan fingerprint density at radius 3 is 2.29 bits per heavy atom. The first-order valence-electron chi connectivity index (χ1n) is 9.96. The molecular formula is C18H34NNaO7S. The fourth-order valence-electron chi connectivity index (χ4n) is 3.03. The van der Waals surface area contributed by atoms with E-state index in [1.807, 2.05) is 0 Å². The number of unbranched alkanes of at least 4 members (excludes halogenated alkanes) is 4. The SMILES string of the molecule is CCCCCC1(CCCCC)OCC(COC(=O)NCCCS(=O)(=O)[O-])O1.[Na+]. The Morgan fingerprint density at radius 2 is 1.75 bits per heavy atom. The molecule has 1 saturated heterocycles. The summed E-state index contributed by atoms with van der Waals surface area (Å²) in [5, 5.41) is 2.42. The third-order valence-corrected chi connectivity index (χ3v) is 5.27. The van der Waals surface area contributed by atoms with E-state index in [1.165, 1.54) is 0 Å². The first-order chi connectivity index (χ1) is 12.8. The van der Waals surface area contributed by atoms with Gasteiger partial charge in [-0.05, 0) is 19.3 Å². The molecule has 1 aliphatic heterocycles. The first kappa shape index (κ1) is 28.1. The molecule has 0 aliphatic carbocycles. The van der Waals surface area contributed by atoms with E-state index in [-0.39, 0.29) is 55.2 Å². The second kappa shape index (κ2) is 15.0. The number of alkyl carbamates (subject to hydrolysis) is 1. The van der Waals surface area contributed by atoms with Crippen molar-refractivity contribution in [1.29, 1.82) is 0 Å². The van der Waals surface area contributed by atoms with Crippen LogP contribution in [0.25, 0.3) is 0 Å². The predicted molar refractivity (Wildman–Crippen MR) is 100 cm³/mol. The van der Waals surface area contributed by atoms with E-state index in [1.54, 1.807) is 0 Å². The molecule has 0 spiro atoms. The van der Waals surface area contributed by atoms with Crippen molar-refractivity contribution in [2.24, 2.45) is 0 Å². The molecule has 0 aromatic carbocycles. The van der Waals surface area contributed by atoms with Crippen molar-refractivity contribution >= 4 is 16.2 Å². The summed E-state index contributed by atoms with van der Waals surface area (Å²) < 4.78 is 48.7. The van der Waals surface area contributed by atoms with Crippen LogP contribution in [0, 0.1) is 0 Å². The summed E-state index contributed by atoms with van der Waals surface area (Å²) >= 11 is 0. The van der Waals surface area contributed by atoms with E-state index in [4.69, 9.17) is 14.2 Å². The van der Waals surface area contributed by atoms with Gasteiger partial charge in [0.15, 0.2) is 5.79 Å². The van der Waals surface area contributed by atoms with Crippen LogP contribution >= 0.6 is 0 Å². The van der Waals surface area contributed by atoms with E-state index in [9.17, 15) is 17.8 Å². The maximum Gasteiger partial charge on any atom is 1.00 e. The number of rotatable bonds is 14. The number of hydrogen-bond donors (Lipinski definition) is 1. The van der Waals surface area contributed by atoms with Crippen molar-refractivity contribution in [3.8, 4) is 0 Å². The third kappa shape index (κ3) is 12.6. The molecule has 1 rings (SSSR count). The molecule has 0 radical (unpaired) electrons. The molecule has 1 fully saturated rings. The van der Waals surface area contributed by atoms with E-state index < -0.39 is 27.8 Å². The minimum atomic E-state index is -4.26. The van der Waals surface area contributed by atoms with E-state index in [0.29, 0.717) is 6.61 Å². The smallest absolute Gasteiger partial charge is 0.748 e. The molecule has 1 unspecified atom stereocenters. The Bertz CT molecular complexity index is 520. The van der Waals surface area contributed by atoms with Gasteiger partial charge in [-0.2, -0.15) is 0 Å². The summed E-state index contributed by atoms with van der Waals surface area (Å²) in [6.45, 7) is 4.85. The molecule has 0 bridgehead atoms. The average molecular weight is 432 g/mol. The number of ether oxygens (including phenoxy) is 3. The molecule has 1 N–H and O–H groups in total. The number of carbonyl (C=O) groups excluding carboxylic acids is 1. The van der Waals surface area contributed by atoms with Gasteiger partial charge in [-0.3, -0.25) is 0 Å². The standard InChI is InChI=1S/C18H35NO7S.Na/c1-3-5-7-10-18(11-8-6-4-2)25-15-16(26-18)14-24-17(20)19-12-9-13-27(21,22)23;/h16H,3-15H2,1-2H3,(H,19,20)(H,21,22,23);/q;+1/p-1. The van der Waals surface area contributed by atoms with Crippen LogP contribution in [0.3, 0.4) is 0 Å². The van der Waals surface area contributed by atoms with Gasteiger partial charge in [0, 0.05) is 25.1 Å². The second-order valence-electron chi connectivity index (χ2n) is 7.02. The largest absolute Gasteiger partial charge is 1.00 e. The molecule has 1 atom stereocenters. The monoisotopic (exact) mass is 431 g/mol. The maximum atomic E-state index is 11.7. The van der Waals surface area contributed by atoms with Crippen molar-refractivity contribution in [2.45, 2.75) is 83.5 Å². The van der Waals surface area contributed by atoms with Crippen molar-refractivity contribution in [3.05, 3.63) is 0 Å². The predicted octanol–water partition coefficient (Wildman–Crippen LogP) is -0.0758. The van der Waals surface area contributed by atoms with Gasteiger partial charge >= 0.3 is 35.7 Å². The Morgan fingerprint density at radius 1 is 1.14 bits per heavy atom. The fraction of sp³-hybridized carbons (Fsp3) is 0.944. The van der Waals surface area contributed by atoms with Crippen molar-refractivity contribution in [2.75, 3.05) is 25.5 Å². The number of carbonyl (C=O) groups is 1. The summed E-state index contributed by atoms with van der Waals surface area (Å²) in [4.78, 5) is 11.7. The zero-order valence-electron chi connectivity index (χ0n) is 17.5. The topological polar surface area (TPSA) is 114 Å². The van der Waals surface area contributed by atoms with E-state index in [0.717, 1.165) is 51.4 Å². The van der Waals surface area contributed by atoms with Crippen LogP contribution in [0.5, 0.6) is 0 Å². The zero-order valence-corrected chi connectivity index (χ0v) is 20.4. The average Bonchev–Trinajstić information content (AvgIpc) is 3.00. The Labute approximate surface area is 191 Å². The third-order valence-electron chi connectivity index (χ3n) is 4.48. The van der Waals surface area contributed by atoms with Crippen molar-refractivity contribution < 1.29 is 61.5 Å². The Balaban J connectivity index is 0.00000729. The van der Waals surface area contributed by atoms with Gasteiger partial charge < -0.3 is 24.1 Å². The molecule has 1 amide bonds. The minimum absolute atomic E-state index is 0. The molecule has 0 aromatic rings. The first-order valence-corrected chi connectivity index (χ1v) is 11.5. The van der Waals surface area contributed by atoms with Crippen LogP contribution in [0.2, 0.25) is 0 Å². The zero-order chi connectivity index (χ0) is 20.2. The van der Waals surface area contributed by atoms with Gasteiger partial charge in [0.2, 0.25) is 0 Å². The molecule has 8 nitrogen and oxygen atoms in total. The van der Waals surface area contributed by atoms with E-state index >= 15 is 0 Å². The number of amides is 1. The number of hydrogen-bond acceptors (Lipinski definition) is 7. The summed E-state index contributed by atoms with van der Waals surface area (Å²) in [5.41, 5.74) is 0. The van der Waals surface area contributed by atoms with Crippen LogP contribution in [-0.2, 0) is 24.3 Å². The minimum Gasteiger partial charge on any atom is -0.748 e. The molecule has 1 heterocycles. The normalized spacial score (nSPS) is 18.5. The van der Waals surface area contributed by atoms with Crippen LogP contribution < -0.4 is 34.9 Å². The molecule has 1 aliphatic rings. The summed E-state index contributed by atoms with van der Waals surface area (Å²) in [7, 11) is -4.26. The van der Waals surface area contributed by atoms with Gasteiger partial charge in [0.1, 0.15) is 12.7 Å². The summed E-state index contributed by atoms with van der Waals surface area (Å²) in [6.07, 6.45) is 7.39.